The molecule has 2 N–H and O–H groups in total. The Labute approximate surface area is 142 Å². The topological polar surface area (TPSA) is 65.5 Å². The van der Waals surface area contributed by atoms with E-state index in [-0.39, 0.29) is 12.1 Å². The molecule has 1 aliphatic heterocycles. The van der Waals surface area contributed by atoms with E-state index in [0.717, 1.165) is 36.2 Å². The summed E-state index contributed by atoms with van der Waals surface area (Å²) in [7, 11) is 0. The number of nitrogens with one attached hydrogen (secondary N) is 1. The number of pyridine rings is 1. The van der Waals surface area contributed by atoms with Crippen molar-refractivity contribution in [1.82, 2.24) is 9.88 Å². The van der Waals surface area contributed by atoms with Gasteiger partial charge in [-0.15, -0.1) is 0 Å². The third-order valence-electron chi connectivity index (χ3n) is 4.58. The maximum absolute atomic E-state index is 12.6. The van der Waals surface area contributed by atoms with Gasteiger partial charge in [0.15, 0.2) is 0 Å². The molecule has 5 heteroatoms. The smallest absolute Gasteiger partial charge is 0.322 e. The molecule has 2 aromatic rings. The molecular formula is C19H23N3O2. The molecule has 2 unspecified atom stereocenters. The molecule has 0 aliphatic carbocycles. The fourth-order valence-electron chi connectivity index (χ4n) is 3.22. The second-order valence-electron chi connectivity index (χ2n) is 6.27. The molecule has 24 heavy (non-hydrogen) atoms. The van der Waals surface area contributed by atoms with Gasteiger partial charge in [0.05, 0.1) is 6.10 Å². The van der Waals surface area contributed by atoms with Crippen LogP contribution in [0.4, 0.5) is 10.5 Å². The van der Waals surface area contributed by atoms with Crippen molar-refractivity contribution in [3.63, 3.8) is 0 Å². The third-order valence-corrected chi connectivity index (χ3v) is 4.58. The molecule has 3 rings (SSSR count). The van der Waals surface area contributed by atoms with Gasteiger partial charge in [-0.3, -0.25) is 4.98 Å². The standard InChI is InChI=1S/C19H23N3O2/c1-14-13-20-10-9-17(14)21-19(24)22-11-5-8-16(22)12-18(23)15-6-3-2-4-7-15/h2-4,6-7,9-10,13,16,18,23H,5,8,11-12H2,1H3,(H,20,21,24). The lowest BCUT2D eigenvalue weighted by Crippen LogP contribution is -2.39. The van der Waals surface area contributed by atoms with Crippen LogP contribution in [0.25, 0.3) is 0 Å². The number of aliphatic hydroxyl groups is 1. The Kier molecular flexibility index (Phi) is 5.11. The second-order valence-corrected chi connectivity index (χ2v) is 6.27. The highest BCUT2D eigenvalue weighted by molar-refractivity contribution is 5.90. The molecule has 1 aliphatic rings. The van der Waals surface area contributed by atoms with Crippen LogP contribution in [0.5, 0.6) is 0 Å². The number of nitrogens with zero attached hydrogens (tertiary/aromatic N) is 2. The molecule has 0 saturated carbocycles. The van der Waals surface area contributed by atoms with Crippen molar-refractivity contribution < 1.29 is 9.90 Å². The number of amides is 2. The zero-order chi connectivity index (χ0) is 16.9. The monoisotopic (exact) mass is 325 g/mol. The minimum Gasteiger partial charge on any atom is -0.388 e. The summed E-state index contributed by atoms with van der Waals surface area (Å²) in [5.74, 6) is 0. The van der Waals surface area contributed by atoms with Crippen LogP contribution in [0.3, 0.4) is 0 Å². The van der Waals surface area contributed by atoms with Crippen LogP contribution >= 0.6 is 0 Å². The first-order valence-electron chi connectivity index (χ1n) is 8.36. The lowest BCUT2D eigenvalue weighted by molar-refractivity contribution is 0.130. The average Bonchev–Trinajstić information content (AvgIpc) is 3.06. The van der Waals surface area contributed by atoms with E-state index in [0.29, 0.717) is 6.42 Å². The first kappa shape index (κ1) is 16.5. The summed E-state index contributed by atoms with van der Waals surface area (Å²) in [4.78, 5) is 18.5. The van der Waals surface area contributed by atoms with E-state index in [2.05, 4.69) is 10.3 Å². The Morgan fingerprint density at radius 3 is 2.92 bits per heavy atom. The van der Waals surface area contributed by atoms with Gasteiger partial charge in [0, 0.05) is 30.7 Å². The van der Waals surface area contributed by atoms with Crippen LogP contribution in [-0.2, 0) is 0 Å². The van der Waals surface area contributed by atoms with E-state index >= 15 is 0 Å². The number of aromatic nitrogens is 1. The quantitative estimate of drug-likeness (QED) is 0.904. The molecule has 2 atom stereocenters. The van der Waals surface area contributed by atoms with E-state index < -0.39 is 6.10 Å². The van der Waals surface area contributed by atoms with Gasteiger partial charge in [-0.1, -0.05) is 30.3 Å². The van der Waals surface area contributed by atoms with Crippen LogP contribution in [0, 0.1) is 6.92 Å². The van der Waals surface area contributed by atoms with Crippen LogP contribution < -0.4 is 5.32 Å². The Morgan fingerprint density at radius 2 is 2.17 bits per heavy atom. The summed E-state index contributed by atoms with van der Waals surface area (Å²) in [6, 6.07) is 11.4. The van der Waals surface area contributed by atoms with E-state index in [1.807, 2.05) is 42.2 Å². The fraction of sp³-hybridized carbons (Fsp3) is 0.368. The third kappa shape index (κ3) is 3.74. The first-order valence-corrected chi connectivity index (χ1v) is 8.36. The van der Waals surface area contributed by atoms with Gasteiger partial charge in [-0.25, -0.2) is 4.79 Å². The van der Waals surface area contributed by atoms with Crippen LogP contribution in [0.1, 0.15) is 36.5 Å². The maximum atomic E-state index is 12.6. The lowest BCUT2D eigenvalue weighted by Gasteiger charge is -2.27. The average molecular weight is 325 g/mol. The van der Waals surface area contributed by atoms with Gasteiger partial charge in [0.25, 0.3) is 0 Å². The van der Waals surface area contributed by atoms with Crippen LogP contribution in [-0.4, -0.2) is 33.6 Å². The minimum atomic E-state index is -0.549. The molecule has 1 saturated heterocycles. The molecular weight excluding hydrogens is 302 g/mol. The van der Waals surface area contributed by atoms with Crippen LogP contribution in [0.2, 0.25) is 0 Å². The number of hydrogen-bond acceptors (Lipinski definition) is 3. The van der Waals surface area contributed by atoms with E-state index in [1.54, 1.807) is 18.5 Å². The predicted octanol–water partition coefficient (Wildman–Crippen LogP) is 3.51. The summed E-state index contributed by atoms with van der Waals surface area (Å²) >= 11 is 0. The SMILES string of the molecule is Cc1cnccc1NC(=O)N1CCCC1CC(O)c1ccccc1. The molecule has 2 amide bonds. The van der Waals surface area contributed by atoms with Gasteiger partial charge in [-0.2, -0.15) is 0 Å². The normalized spacial score (nSPS) is 18.4. The van der Waals surface area contributed by atoms with Crippen molar-refractivity contribution in [3.05, 3.63) is 59.9 Å². The molecule has 0 radical (unpaired) electrons. The van der Waals surface area contributed by atoms with Gasteiger partial charge < -0.3 is 15.3 Å². The largest absolute Gasteiger partial charge is 0.388 e. The second kappa shape index (κ2) is 7.45. The van der Waals surface area contributed by atoms with Gasteiger partial charge in [-0.05, 0) is 43.4 Å². The number of benzene rings is 1. The highest BCUT2D eigenvalue weighted by atomic mass is 16.3. The Morgan fingerprint density at radius 1 is 1.38 bits per heavy atom. The van der Waals surface area contributed by atoms with Crippen molar-refractivity contribution in [2.24, 2.45) is 0 Å². The predicted molar refractivity (Wildman–Crippen MR) is 93.7 cm³/mol. The lowest BCUT2D eigenvalue weighted by atomic mass is 10.0. The number of likely N-dealkylation sites (tertiary alicyclic amines) is 1. The molecule has 1 fully saturated rings. The Hall–Kier alpha value is -2.40. The number of carbonyl (C=O) groups is 1. The summed E-state index contributed by atoms with van der Waals surface area (Å²) < 4.78 is 0. The van der Waals surface area contributed by atoms with E-state index in [9.17, 15) is 9.90 Å². The number of anilines is 1. The van der Waals surface area contributed by atoms with Gasteiger partial charge in [0.2, 0.25) is 0 Å². The number of aryl methyl sites for hydroxylation is 1. The number of carbonyl (C=O) groups excluding carboxylic acids is 1. The molecule has 0 spiro atoms. The van der Waals surface area contributed by atoms with E-state index in [1.165, 1.54) is 0 Å². The Bertz CT molecular complexity index is 690. The summed E-state index contributed by atoms with van der Waals surface area (Å²) in [5, 5.41) is 13.4. The Balaban J connectivity index is 1.65. The molecule has 1 aromatic heterocycles. The zero-order valence-corrected chi connectivity index (χ0v) is 13.9. The van der Waals surface area contributed by atoms with Gasteiger partial charge in [0.1, 0.15) is 0 Å². The van der Waals surface area contributed by atoms with Gasteiger partial charge >= 0.3 is 6.03 Å². The minimum absolute atomic E-state index is 0.0577. The first-order chi connectivity index (χ1) is 11.6. The number of urea groups is 1. The van der Waals surface area contributed by atoms with Crippen molar-refractivity contribution in [3.8, 4) is 0 Å². The molecule has 1 aromatic carbocycles. The van der Waals surface area contributed by atoms with Crippen molar-refractivity contribution in [1.29, 1.82) is 0 Å². The van der Waals surface area contributed by atoms with Crippen molar-refractivity contribution >= 4 is 11.7 Å². The summed E-state index contributed by atoms with van der Waals surface area (Å²) in [6.07, 6.45) is 5.31. The molecule has 0 bridgehead atoms. The van der Waals surface area contributed by atoms with E-state index in [4.69, 9.17) is 0 Å². The molecule has 5 nitrogen and oxygen atoms in total. The highest BCUT2D eigenvalue weighted by Crippen LogP contribution is 2.28. The zero-order valence-electron chi connectivity index (χ0n) is 13.9. The van der Waals surface area contributed by atoms with Crippen molar-refractivity contribution in [2.75, 3.05) is 11.9 Å². The van der Waals surface area contributed by atoms with Crippen LogP contribution in [0.15, 0.2) is 48.8 Å². The number of hydrogen-bond donors (Lipinski definition) is 2. The fourth-order valence-corrected chi connectivity index (χ4v) is 3.22. The summed E-state index contributed by atoms with van der Waals surface area (Å²) in [6.45, 7) is 2.64. The maximum Gasteiger partial charge on any atom is 0.322 e. The number of rotatable bonds is 4. The number of aliphatic hydroxyl groups excluding tert-OH is 1. The highest BCUT2D eigenvalue weighted by Gasteiger charge is 2.30. The van der Waals surface area contributed by atoms with Crippen molar-refractivity contribution in [2.45, 2.75) is 38.3 Å². The molecule has 2 heterocycles. The molecule has 126 valence electrons. The summed E-state index contributed by atoms with van der Waals surface area (Å²) in [5.41, 5.74) is 2.62.